The third-order valence-electron chi connectivity index (χ3n) is 5.32. The summed E-state index contributed by atoms with van der Waals surface area (Å²) in [4.78, 5) is 17.7. The minimum absolute atomic E-state index is 0.0539. The largest absolute Gasteiger partial charge is 0.760 e. The van der Waals surface area contributed by atoms with E-state index in [9.17, 15) is 17.9 Å². The maximum absolute atomic E-state index is 14.3. The number of halogens is 3. The lowest BCUT2D eigenvalue weighted by Gasteiger charge is -2.12. The average Bonchev–Trinajstić information content (AvgIpc) is 2.82. The number of nitrogens with zero attached hydrogens (tertiary/aromatic N) is 1. The summed E-state index contributed by atoms with van der Waals surface area (Å²) >= 11 is 10.1. The molecule has 1 aromatic heterocycles. The molecule has 1 atom stereocenters. The molecule has 174 valence electrons. The molecule has 4 rings (SSSR count). The number of pyridine rings is 1. The van der Waals surface area contributed by atoms with E-state index >= 15 is 0 Å². The molecule has 34 heavy (non-hydrogen) atoms. The molecular formula is C25H18Cl2FN2O3S-. The number of hydrogen-bond acceptors (Lipinski definition) is 4. The summed E-state index contributed by atoms with van der Waals surface area (Å²) in [5.74, 6) is -1.00. The van der Waals surface area contributed by atoms with Crippen molar-refractivity contribution in [1.82, 2.24) is 9.71 Å². The van der Waals surface area contributed by atoms with Gasteiger partial charge in [0.05, 0.1) is 10.5 Å². The summed E-state index contributed by atoms with van der Waals surface area (Å²) in [5.41, 5.74) is 3.36. The van der Waals surface area contributed by atoms with E-state index in [4.69, 9.17) is 23.2 Å². The molecule has 4 aromatic rings. The summed E-state index contributed by atoms with van der Waals surface area (Å²) in [6, 6.07) is 16.7. The fourth-order valence-corrected chi connectivity index (χ4v) is 4.38. The van der Waals surface area contributed by atoms with E-state index in [1.54, 1.807) is 36.5 Å². The van der Waals surface area contributed by atoms with Crippen molar-refractivity contribution >= 4 is 51.2 Å². The molecule has 0 bridgehead atoms. The van der Waals surface area contributed by atoms with Gasteiger partial charge in [-0.3, -0.25) is 14.0 Å². The lowest BCUT2D eigenvalue weighted by atomic mass is 9.97. The van der Waals surface area contributed by atoms with E-state index in [0.717, 1.165) is 22.6 Å². The van der Waals surface area contributed by atoms with E-state index < -0.39 is 22.9 Å². The van der Waals surface area contributed by atoms with Crippen molar-refractivity contribution in [2.75, 3.05) is 6.54 Å². The number of carbonyl (C=O) groups is 1. The zero-order valence-electron chi connectivity index (χ0n) is 17.7. The standard InChI is InChI=1S/C25H19Cl2FN2O3S/c26-20-6-3-15(4-7-20)19-11-18-10-17(5-8-23(18)29-14-19)25(31)22-13-21(28)12-16(24(22)27)2-1-9-30-34(32)33/h3-8,10-14,30H,1-2,9H2,(H,32,33)/p-1. The number of hydrogen-bond donors (Lipinski definition) is 1. The number of aromatic nitrogens is 1. The van der Waals surface area contributed by atoms with Crippen molar-refractivity contribution in [3.05, 3.63) is 99.4 Å². The van der Waals surface area contributed by atoms with E-state index in [0.29, 0.717) is 34.5 Å². The first-order valence-corrected chi connectivity index (χ1v) is 12.2. The molecule has 0 radical (unpaired) electrons. The maximum Gasteiger partial charge on any atom is 0.194 e. The molecule has 0 spiro atoms. The molecule has 1 N–H and O–H groups in total. The molecular weight excluding hydrogens is 498 g/mol. The number of fused-ring (bicyclic) bond motifs is 1. The summed E-state index contributed by atoms with van der Waals surface area (Å²) in [5, 5.41) is 1.54. The third kappa shape index (κ3) is 5.68. The second-order valence-electron chi connectivity index (χ2n) is 7.63. The van der Waals surface area contributed by atoms with Crippen molar-refractivity contribution in [3.8, 4) is 11.1 Å². The molecule has 0 saturated heterocycles. The van der Waals surface area contributed by atoms with Gasteiger partial charge in [0, 0.05) is 51.1 Å². The zero-order valence-corrected chi connectivity index (χ0v) is 20.0. The van der Waals surface area contributed by atoms with Gasteiger partial charge in [-0.25, -0.2) is 9.11 Å². The molecule has 0 fully saturated rings. The van der Waals surface area contributed by atoms with Crippen molar-refractivity contribution in [2.24, 2.45) is 0 Å². The van der Waals surface area contributed by atoms with Gasteiger partial charge in [0.1, 0.15) is 5.82 Å². The van der Waals surface area contributed by atoms with E-state index in [-0.39, 0.29) is 17.1 Å². The van der Waals surface area contributed by atoms with Crippen molar-refractivity contribution in [2.45, 2.75) is 12.8 Å². The highest BCUT2D eigenvalue weighted by Crippen LogP contribution is 2.29. The Morgan fingerprint density at radius 2 is 1.79 bits per heavy atom. The first-order valence-electron chi connectivity index (χ1n) is 10.3. The van der Waals surface area contributed by atoms with Gasteiger partial charge in [-0.2, -0.15) is 0 Å². The Hall–Kier alpha value is -2.68. The van der Waals surface area contributed by atoms with Crippen LogP contribution in [0.4, 0.5) is 4.39 Å². The molecule has 0 amide bonds. The monoisotopic (exact) mass is 515 g/mol. The topological polar surface area (TPSA) is 82.1 Å². The van der Waals surface area contributed by atoms with Crippen LogP contribution in [-0.4, -0.2) is 26.1 Å². The van der Waals surface area contributed by atoms with Gasteiger partial charge >= 0.3 is 0 Å². The highest BCUT2D eigenvalue weighted by atomic mass is 35.5. The lowest BCUT2D eigenvalue weighted by Crippen LogP contribution is -2.18. The number of aryl methyl sites for hydroxylation is 1. The van der Waals surface area contributed by atoms with Crippen LogP contribution in [0, 0.1) is 5.82 Å². The minimum atomic E-state index is -2.37. The highest BCUT2D eigenvalue weighted by Gasteiger charge is 2.18. The van der Waals surface area contributed by atoms with Crippen LogP contribution < -0.4 is 4.72 Å². The van der Waals surface area contributed by atoms with Crippen molar-refractivity contribution < 1.29 is 17.9 Å². The van der Waals surface area contributed by atoms with Gasteiger partial charge in [0.25, 0.3) is 0 Å². The maximum atomic E-state index is 14.3. The van der Waals surface area contributed by atoms with Gasteiger partial charge in [-0.1, -0.05) is 35.3 Å². The van der Waals surface area contributed by atoms with Crippen LogP contribution in [0.3, 0.4) is 0 Å². The Morgan fingerprint density at radius 1 is 1.03 bits per heavy atom. The van der Waals surface area contributed by atoms with Crippen LogP contribution in [0.15, 0.2) is 66.9 Å². The zero-order chi connectivity index (χ0) is 24.2. The normalized spacial score (nSPS) is 12.1. The number of ketones is 1. The summed E-state index contributed by atoms with van der Waals surface area (Å²) in [6.07, 6.45) is 2.47. The molecule has 9 heteroatoms. The fraction of sp³-hybridized carbons (Fsp3) is 0.120. The van der Waals surface area contributed by atoms with Gasteiger partial charge < -0.3 is 4.55 Å². The lowest BCUT2D eigenvalue weighted by molar-refractivity contribution is 0.103. The first-order chi connectivity index (χ1) is 16.3. The summed E-state index contributed by atoms with van der Waals surface area (Å²) in [7, 11) is 0. The smallest absolute Gasteiger partial charge is 0.194 e. The summed E-state index contributed by atoms with van der Waals surface area (Å²) in [6.45, 7) is 0.180. The average molecular weight is 516 g/mol. The van der Waals surface area contributed by atoms with Gasteiger partial charge in [-0.15, -0.1) is 0 Å². The predicted octanol–water partition coefficient (Wildman–Crippen LogP) is 5.90. The van der Waals surface area contributed by atoms with Crippen LogP contribution in [0.1, 0.15) is 27.9 Å². The first kappa shape index (κ1) is 24.4. The fourth-order valence-electron chi connectivity index (χ4n) is 3.66. The number of carbonyl (C=O) groups excluding carboxylic acids is 1. The Kier molecular flexibility index (Phi) is 7.70. The van der Waals surface area contributed by atoms with Crippen molar-refractivity contribution in [1.29, 1.82) is 0 Å². The molecule has 1 unspecified atom stereocenters. The molecule has 0 aliphatic heterocycles. The Morgan fingerprint density at radius 3 is 2.53 bits per heavy atom. The molecule has 0 saturated carbocycles. The van der Waals surface area contributed by atoms with Gasteiger partial charge in [0.15, 0.2) is 5.78 Å². The van der Waals surface area contributed by atoms with Crippen LogP contribution in [-0.2, 0) is 17.7 Å². The van der Waals surface area contributed by atoms with E-state index in [2.05, 4.69) is 9.71 Å². The Labute approximate surface area is 208 Å². The second-order valence-corrected chi connectivity index (χ2v) is 9.20. The SMILES string of the molecule is O=C(c1ccc2ncc(-c3ccc(Cl)cc3)cc2c1)c1cc(F)cc(CCCNS(=O)[O-])c1Cl. The second kappa shape index (κ2) is 10.7. The Balaban J connectivity index is 1.64. The molecule has 1 heterocycles. The Bertz CT molecular complexity index is 1400. The predicted molar refractivity (Wildman–Crippen MR) is 132 cm³/mol. The quantitative estimate of drug-likeness (QED) is 0.180. The van der Waals surface area contributed by atoms with Crippen LogP contribution in [0.2, 0.25) is 10.0 Å². The summed E-state index contributed by atoms with van der Waals surface area (Å²) < 4.78 is 37.7. The van der Waals surface area contributed by atoms with Crippen LogP contribution in [0.5, 0.6) is 0 Å². The van der Waals surface area contributed by atoms with Gasteiger partial charge in [0.2, 0.25) is 0 Å². The molecule has 3 aromatic carbocycles. The van der Waals surface area contributed by atoms with Crippen LogP contribution >= 0.6 is 23.2 Å². The van der Waals surface area contributed by atoms with Crippen molar-refractivity contribution in [3.63, 3.8) is 0 Å². The highest BCUT2D eigenvalue weighted by molar-refractivity contribution is 7.77. The van der Waals surface area contributed by atoms with Crippen LogP contribution in [0.25, 0.3) is 22.0 Å². The number of nitrogens with one attached hydrogen (secondary N) is 1. The molecule has 0 aliphatic carbocycles. The molecule has 0 aliphatic rings. The number of benzene rings is 3. The molecule has 5 nitrogen and oxygen atoms in total. The minimum Gasteiger partial charge on any atom is -0.760 e. The van der Waals surface area contributed by atoms with E-state index in [1.165, 1.54) is 6.07 Å². The van der Waals surface area contributed by atoms with Gasteiger partial charge in [-0.05, 0) is 72.5 Å². The number of rotatable bonds is 8. The third-order valence-corrected chi connectivity index (χ3v) is 6.46. The van der Waals surface area contributed by atoms with E-state index in [1.807, 2.05) is 18.2 Å².